The zero-order valence-electron chi connectivity index (χ0n) is 11.8. The van der Waals surface area contributed by atoms with Crippen LogP contribution in [-0.2, 0) is 11.2 Å². The van der Waals surface area contributed by atoms with E-state index in [0.717, 1.165) is 37.1 Å². The molecular weight excluding hydrogens is 252 g/mol. The molecule has 1 aliphatic rings. The Balaban J connectivity index is 1.89. The van der Waals surface area contributed by atoms with E-state index in [0.29, 0.717) is 12.8 Å². The van der Waals surface area contributed by atoms with Gasteiger partial charge in [0.25, 0.3) is 0 Å². The van der Waals surface area contributed by atoms with Crippen molar-refractivity contribution in [1.29, 1.82) is 5.26 Å². The molecule has 1 saturated heterocycles. The van der Waals surface area contributed by atoms with Gasteiger partial charge in [-0.15, -0.1) is 0 Å². The van der Waals surface area contributed by atoms with E-state index >= 15 is 0 Å². The molecule has 1 unspecified atom stereocenters. The minimum Gasteiger partial charge on any atom is -0.497 e. The highest BCUT2D eigenvalue weighted by molar-refractivity contribution is 5.77. The first kappa shape index (κ1) is 14.4. The summed E-state index contributed by atoms with van der Waals surface area (Å²) >= 11 is 0. The van der Waals surface area contributed by atoms with E-state index in [1.807, 2.05) is 24.3 Å². The van der Waals surface area contributed by atoms with Crippen LogP contribution in [0.5, 0.6) is 5.75 Å². The molecule has 1 aliphatic heterocycles. The van der Waals surface area contributed by atoms with Crippen molar-refractivity contribution in [3.05, 3.63) is 29.8 Å². The zero-order valence-corrected chi connectivity index (χ0v) is 11.8. The summed E-state index contributed by atoms with van der Waals surface area (Å²) < 4.78 is 5.11. The lowest BCUT2D eigenvalue weighted by molar-refractivity contribution is -0.133. The predicted molar refractivity (Wildman–Crippen MR) is 76.3 cm³/mol. The molecule has 0 N–H and O–H groups in total. The predicted octanol–water partition coefficient (Wildman–Crippen LogP) is 2.53. The number of benzene rings is 1. The maximum Gasteiger partial charge on any atom is 0.223 e. The molecule has 20 heavy (non-hydrogen) atoms. The number of aryl methyl sites for hydroxylation is 1. The highest BCUT2D eigenvalue weighted by Crippen LogP contribution is 2.18. The number of likely N-dealkylation sites (tertiary alicyclic amines) is 1. The molecule has 106 valence electrons. The van der Waals surface area contributed by atoms with Crippen LogP contribution in [0, 0.1) is 11.3 Å². The van der Waals surface area contributed by atoms with Gasteiger partial charge in [-0.3, -0.25) is 4.79 Å². The van der Waals surface area contributed by atoms with Crippen LogP contribution < -0.4 is 4.74 Å². The fourth-order valence-corrected chi connectivity index (χ4v) is 2.55. The van der Waals surface area contributed by atoms with Crippen LogP contribution in [0.2, 0.25) is 0 Å². The summed E-state index contributed by atoms with van der Waals surface area (Å²) in [6.45, 7) is 0.722. The number of methoxy groups -OCH3 is 1. The maximum atomic E-state index is 12.2. The standard InChI is InChI=1S/C16H20N2O2/c1-20-15-8-5-13(6-9-15)7-10-16(19)18-11-3-2-4-14(18)12-17/h5-6,8-9,14H,2-4,7,10-11H2,1H3. The van der Waals surface area contributed by atoms with Crippen LogP contribution >= 0.6 is 0 Å². The van der Waals surface area contributed by atoms with Crippen LogP contribution in [0.3, 0.4) is 0 Å². The molecule has 1 aromatic rings. The quantitative estimate of drug-likeness (QED) is 0.846. The van der Waals surface area contributed by atoms with Gasteiger partial charge in [0, 0.05) is 13.0 Å². The second-order valence-electron chi connectivity index (χ2n) is 5.08. The molecule has 1 amide bonds. The number of carbonyl (C=O) groups excluding carboxylic acids is 1. The Hall–Kier alpha value is -2.02. The Labute approximate surface area is 120 Å². The topological polar surface area (TPSA) is 53.3 Å². The van der Waals surface area contributed by atoms with Crippen molar-refractivity contribution in [1.82, 2.24) is 4.90 Å². The molecule has 0 saturated carbocycles. The largest absolute Gasteiger partial charge is 0.497 e. The Bertz CT molecular complexity index is 490. The number of hydrogen-bond acceptors (Lipinski definition) is 3. The number of rotatable bonds is 4. The lowest BCUT2D eigenvalue weighted by atomic mass is 10.0. The molecule has 1 heterocycles. The summed E-state index contributed by atoms with van der Waals surface area (Å²) in [6, 6.07) is 9.76. The van der Waals surface area contributed by atoms with Gasteiger partial charge >= 0.3 is 0 Å². The van der Waals surface area contributed by atoms with E-state index in [1.165, 1.54) is 0 Å². The molecule has 4 heteroatoms. The maximum absolute atomic E-state index is 12.2. The SMILES string of the molecule is COc1ccc(CCC(=O)N2CCCCC2C#N)cc1. The molecule has 1 atom stereocenters. The summed E-state index contributed by atoms with van der Waals surface area (Å²) in [6.07, 6.45) is 4.03. The van der Waals surface area contributed by atoms with Crippen molar-refractivity contribution < 1.29 is 9.53 Å². The average Bonchev–Trinajstić information content (AvgIpc) is 2.53. The fourth-order valence-electron chi connectivity index (χ4n) is 2.55. The number of hydrogen-bond donors (Lipinski definition) is 0. The average molecular weight is 272 g/mol. The van der Waals surface area contributed by atoms with E-state index < -0.39 is 0 Å². The van der Waals surface area contributed by atoms with Crippen LogP contribution in [-0.4, -0.2) is 30.5 Å². The number of amides is 1. The summed E-state index contributed by atoms with van der Waals surface area (Å²) in [5.41, 5.74) is 1.12. The molecule has 0 aromatic heterocycles. The van der Waals surface area contributed by atoms with Crippen molar-refractivity contribution in [2.45, 2.75) is 38.1 Å². The van der Waals surface area contributed by atoms with Gasteiger partial charge in [-0.1, -0.05) is 12.1 Å². The van der Waals surface area contributed by atoms with Crippen molar-refractivity contribution in [2.24, 2.45) is 0 Å². The third-order valence-electron chi connectivity index (χ3n) is 3.76. The Morgan fingerprint density at radius 3 is 2.80 bits per heavy atom. The zero-order chi connectivity index (χ0) is 14.4. The molecule has 0 radical (unpaired) electrons. The van der Waals surface area contributed by atoms with Gasteiger partial charge < -0.3 is 9.64 Å². The Morgan fingerprint density at radius 1 is 1.40 bits per heavy atom. The van der Waals surface area contributed by atoms with Gasteiger partial charge in [0.05, 0.1) is 13.2 Å². The van der Waals surface area contributed by atoms with Gasteiger partial charge in [0.1, 0.15) is 11.8 Å². The molecule has 4 nitrogen and oxygen atoms in total. The molecule has 1 aromatic carbocycles. The van der Waals surface area contributed by atoms with Gasteiger partial charge in [0.15, 0.2) is 0 Å². The van der Waals surface area contributed by atoms with Gasteiger partial charge in [0.2, 0.25) is 5.91 Å². The summed E-state index contributed by atoms with van der Waals surface area (Å²) in [7, 11) is 1.64. The van der Waals surface area contributed by atoms with E-state index in [-0.39, 0.29) is 11.9 Å². The second-order valence-corrected chi connectivity index (χ2v) is 5.08. The minimum atomic E-state index is -0.230. The monoisotopic (exact) mass is 272 g/mol. The van der Waals surface area contributed by atoms with Gasteiger partial charge in [-0.05, 0) is 43.4 Å². The van der Waals surface area contributed by atoms with Crippen molar-refractivity contribution in [3.63, 3.8) is 0 Å². The molecule has 2 rings (SSSR count). The fraction of sp³-hybridized carbons (Fsp3) is 0.500. The van der Waals surface area contributed by atoms with E-state index in [2.05, 4.69) is 6.07 Å². The van der Waals surface area contributed by atoms with E-state index in [4.69, 9.17) is 10.00 Å². The van der Waals surface area contributed by atoms with Gasteiger partial charge in [-0.25, -0.2) is 0 Å². The lowest BCUT2D eigenvalue weighted by Crippen LogP contribution is -2.43. The molecule has 0 spiro atoms. The summed E-state index contributed by atoms with van der Waals surface area (Å²) in [5.74, 6) is 0.910. The smallest absolute Gasteiger partial charge is 0.223 e. The van der Waals surface area contributed by atoms with E-state index in [9.17, 15) is 4.79 Å². The number of nitrogens with zero attached hydrogens (tertiary/aromatic N) is 2. The van der Waals surface area contributed by atoms with Crippen LogP contribution in [0.25, 0.3) is 0 Å². The molecule has 0 aliphatic carbocycles. The number of piperidine rings is 1. The Morgan fingerprint density at radius 2 is 2.15 bits per heavy atom. The van der Waals surface area contributed by atoms with Crippen molar-refractivity contribution >= 4 is 5.91 Å². The minimum absolute atomic E-state index is 0.0899. The molecule has 1 fully saturated rings. The van der Waals surface area contributed by atoms with Crippen molar-refractivity contribution in [2.75, 3.05) is 13.7 Å². The Kier molecular flexibility index (Phi) is 5.00. The summed E-state index contributed by atoms with van der Waals surface area (Å²) in [4.78, 5) is 14.0. The van der Waals surface area contributed by atoms with Crippen LogP contribution in [0.4, 0.5) is 0 Å². The molecule has 0 bridgehead atoms. The molecular formula is C16H20N2O2. The highest BCUT2D eigenvalue weighted by Gasteiger charge is 2.25. The van der Waals surface area contributed by atoms with Crippen molar-refractivity contribution in [3.8, 4) is 11.8 Å². The highest BCUT2D eigenvalue weighted by atomic mass is 16.5. The first-order valence-electron chi connectivity index (χ1n) is 7.06. The number of carbonyl (C=O) groups is 1. The first-order chi connectivity index (χ1) is 9.74. The van der Waals surface area contributed by atoms with E-state index in [1.54, 1.807) is 12.0 Å². The number of ether oxygens (including phenoxy) is 1. The second kappa shape index (κ2) is 6.95. The summed E-state index contributed by atoms with van der Waals surface area (Å²) in [5, 5.41) is 9.10. The normalized spacial score (nSPS) is 18.4. The third kappa shape index (κ3) is 3.51. The number of nitriles is 1. The van der Waals surface area contributed by atoms with Crippen LogP contribution in [0.15, 0.2) is 24.3 Å². The third-order valence-corrected chi connectivity index (χ3v) is 3.76. The first-order valence-corrected chi connectivity index (χ1v) is 7.06. The lowest BCUT2D eigenvalue weighted by Gasteiger charge is -2.31. The van der Waals surface area contributed by atoms with Gasteiger partial charge in [-0.2, -0.15) is 5.26 Å². The van der Waals surface area contributed by atoms with Crippen LogP contribution in [0.1, 0.15) is 31.2 Å².